The lowest BCUT2D eigenvalue weighted by atomic mass is 10.0. The van der Waals surface area contributed by atoms with E-state index in [1.807, 2.05) is 23.1 Å². The van der Waals surface area contributed by atoms with Crippen LogP contribution in [0.5, 0.6) is 0 Å². The van der Waals surface area contributed by atoms with Gasteiger partial charge in [0, 0.05) is 28.1 Å². The highest BCUT2D eigenvalue weighted by atomic mass is 79.9. The van der Waals surface area contributed by atoms with E-state index >= 15 is 0 Å². The van der Waals surface area contributed by atoms with E-state index in [-0.39, 0.29) is 17.8 Å². The highest BCUT2D eigenvalue weighted by Gasteiger charge is 2.29. The normalized spacial score (nSPS) is 17.2. The molecule has 24 heavy (non-hydrogen) atoms. The third-order valence-electron chi connectivity index (χ3n) is 4.24. The fraction of sp³-hybridized carbons (Fsp3) is 0.316. The molecule has 0 bridgehead atoms. The van der Waals surface area contributed by atoms with Crippen LogP contribution in [0.1, 0.15) is 30.9 Å². The molecule has 0 aliphatic carbocycles. The first-order valence-electron chi connectivity index (χ1n) is 8.07. The van der Waals surface area contributed by atoms with Crippen LogP contribution in [0.4, 0.5) is 4.39 Å². The Kier molecular flexibility index (Phi) is 5.95. The molecule has 0 radical (unpaired) electrons. The van der Waals surface area contributed by atoms with Crippen molar-refractivity contribution in [2.24, 2.45) is 0 Å². The summed E-state index contributed by atoms with van der Waals surface area (Å²) >= 11 is 5.22. The van der Waals surface area contributed by atoms with Crippen LogP contribution < -0.4 is 0 Å². The predicted molar refractivity (Wildman–Crippen MR) is 99.6 cm³/mol. The van der Waals surface area contributed by atoms with Gasteiger partial charge in [-0.25, -0.2) is 4.39 Å². The van der Waals surface area contributed by atoms with Crippen molar-refractivity contribution < 1.29 is 9.18 Å². The van der Waals surface area contributed by atoms with Gasteiger partial charge in [0.25, 0.3) is 0 Å². The summed E-state index contributed by atoms with van der Waals surface area (Å²) in [4.78, 5) is 15.7. The van der Waals surface area contributed by atoms with Crippen molar-refractivity contribution >= 4 is 33.6 Å². The fourth-order valence-electron chi connectivity index (χ4n) is 3.05. The number of hydrogen-bond donors (Lipinski definition) is 0. The molecule has 1 aliphatic rings. The van der Waals surface area contributed by atoms with Gasteiger partial charge >= 0.3 is 0 Å². The van der Waals surface area contributed by atoms with Crippen LogP contribution in [0.2, 0.25) is 0 Å². The number of carbonyl (C=O) groups excluding carboxylic acids is 1. The summed E-state index contributed by atoms with van der Waals surface area (Å²) in [6, 6.07) is 14.7. The molecule has 1 aliphatic heterocycles. The average molecular weight is 408 g/mol. The van der Waals surface area contributed by atoms with E-state index in [9.17, 15) is 9.18 Å². The van der Waals surface area contributed by atoms with Crippen LogP contribution in [-0.4, -0.2) is 23.1 Å². The lowest BCUT2D eigenvalue weighted by molar-refractivity contribution is -0.131. The molecule has 0 aromatic heterocycles. The van der Waals surface area contributed by atoms with E-state index in [1.165, 1.54) is 12.1 Å². The Bertz CT molecular complexity index is 707. The van der Waals surface area contributed by atoms with E-state index in [0.29, 0.717) is 6.42 Å². The Balaban J connectivity index is 1.58. The van der Waals surface area contributed by atoms with Crippen molar-refractivity contribution in [3.8, 4) is 0 Å². The molecule has 2 nitrogen and oxygen atoms in total. The number of amides is 1. The molecule has 0 saturated carbocycles. The summed E-state index contributed by atoms with van der Waals surface area (Å²) in [7, 11) is 0. The molecule has 0 spiro atoms. The minimum Gasteiger partial charge on any atom is -0.336 e. The quantitative estimate of drug-likeness (QED) is 0.615. The van der Waals surface area contributed by atoms with Crippen molar-refractivity contribution in [1.29, 1.82) is 0 Å². The number of benzene rings is 2. The van der Waals surface area contributed by atoms with Gasteiger partial charge in [-0.05, 0) is 58.6 Å². The highest BCUT2D eigenvalue weighted by Crippen LogP contribution is 2.33. The third kappa shape index (κ3) is 4.19. The number of rotatable bonds is 5. The van der Waals surface area contributed by atoms with Crippen LogP contribution in [0.25, 0.3) is 0 Å². The predicted octanol–water partition coefficient (Wildman–Crippen LogP) is 5.43. The first kappa shape index (κ1) is 17.5. The molecule has 1 atom stereocenters. The summed E-state index contributed by atoms with van der Waals surface area (Å²) in [5.41, 5.74) is 1.03. The summed E-state index contributed by atoms with van der Waals surface area (Å²) < 4.78 is 14.2. The highest BCUT2D eigenvalue weighted by molar-refractivity contribution is 9.10. The molecule has 1 heterocycles. The molecular weight excluding hydrogens is 389 g/mol. The van der Waals surface area contributed by atoms with Crippen LogP contribution >= 0.6 is 27.7 Å². The second-order valence-corrected chi connectivity index (χ2v) is 7.82. The zero-order valence-electron chi connectivity index (χ0n) is 13.3. The SMILES string of the molecule is O=C(CCSc1ccccc1Br)N1CCCC1c1ccc(F)cc1. The van der Waals surface area contributed by atoms with Gasteiger partial charge in [-0.3, -0.25) is 4.79 Å². The zero-order chi connectivity index (χ0) is 16.9. The van der Waals surface area contributed by atoms with Crippen LogP contribution in [-0.2, 0) is 4.79 Å². The smallest absolute Gasteiger partial charge is 0.223 e. The first-order valence-corrected chi connectivity index (χ1v) is 9.85. The van der Waals surface area contributed by atoms with Crippen molar-refractivity contribution in [3.05, 3.63) is 64.4 Å². The van der Waals surface area contributed by atoms with E-state index in [2.05, 4.69) is 22.0 Å². The van der Waals surface area contributed by atoms with Gasteiger partial charge in [-0.15, -0.1) is 11.8 Å². The minimum absolute atomic E-state index is 0.0894. The second kappa shape index (κ2) is 8.17. The molecule has 2 aromatic carbocycles. The van der Waals surface area contributed by atoms with Crippen molar-refractivity contribution in [3.63, 3.8) is 0 Å². The molecule has 126 valence electrons. The third-order valence-corrected chi connectivity index (χ3v) is 6.27. The maximum atomic E-state index is 13.1. The number of nitrogens with zero attached hydrogens (tertiary/aromatic N) is 1. The average Bonchev–Trinajstić information content (AvgIpc) is 3.07. The monoisotopic (exact) mass is 407 g/mol. The zero-order valence-corrected chi connectivity index (χ0v) is 15.7. The number of halogens is 2. The lowest BCUT2D eigenvalue weighted by Crippen LogP contribution is -2.30. The van der Waals surface area contributed by atoms with Crippen molar-refractivity contribution in [1.82, 2.24) is 4.90 Å². The second-order valence-electron chi connectivity index (χ2n) is 5.83. The Morgan fingerprint density at radius 1 is 1.21 bits per heavy atom. The molecule has 5 heteroatoms. The summed E-state index contributed by atoms with van der Waals surface area (Å²) in [5, 5.41) is 0. The Morgan fingerprint density at radius 3 is 2.71 bits per heavy atom. The lowest BCUT2D eigenvalue weighted by Gasteiger charge is -2.25. The Morgan fingerprint density at radius 2 is 1.96 bits per heavy atom. The van der Waals surface area contributed by atoms with Gasteiger partial charge in [-0.2, -0.15) is 0 Å². The molecule has 2 aromatic rings. The van der Waals surface area contributed by atoms with E-state index in [1.54, 1.807) is 23.9 Å². The molecule has 0 N–H and O–H groups in total. The number of thioether (sulfide) groups is 1. The number of likely N-dealkylation sites (tertiary alicyclic amines) is 1. The minimum atomic E-state index is -0.237. The Labute approximate surface area is 154 Å². The number of hydrogen-bond acceptors (Lipinski definition) is 2. The Hall–Kier alpha value is -1.33. The molecule has 1 fully saturated rings. The van der Waals surface area contributed by atoms with Crippen LogP contribution in [0, 0.1) is 5.82 Å². The summed E-state index contributed by atoms with van der Waals surface area (Å²) in [6.07, 6.45) is 2.48. The standard InChI is InChI=1S/C19H19BrFNOS/c20-16-4-1-2-6-18(16)24-13-11-19(23)22-12-3-5-17(22)14-7-9-15(21)10-8-14/h1-2,4,6-10,17H,3,5,11-13H2. The molecule has 1 unspecified atom stereocenters. The molecule has 1 amide bonds. The maximum absolute atomic E-state index is 13.1. The van der Waals surface area contributed by atoms with Gasteiger partial charge in [0.05, 0.1) is 6.04 Å². The van der Waals surface area contributed by atoms with Gasteiger partial charge in [0.2, 0.25) is 5.91 Å². The largest absolute Gasteiger partial charge is 0.336 e. The van der Waals surface area contributed by atoms with Crippen LogP contribution in [0.15, 0.2) is 57.9 Å². The molecule has 3 rings (SSSR count). The first-order chi connectivity index (χ1) is 11.6. The number of carbonyl (C=O) groups is 1. The molecular formula is C19H19BrFNOS. The van der Waals surface area contributed by atoms with E-state index < -0.39 is 0 Å². The fourth-order valence-corrected chi connectivity index (χ4v) is 4.56. The van der Waals surface area contributed by atoms with Gasteiger partial charge < -0.3 is 4.90 Å². The van der Waals surface area contributed by atoms with Crippen molar-refractivity contribution in [2.75, 3.05) is 12.3 Å². The van der Waals surface area contributed by atoms with E-state index in [4.69, 9.17) is 0 Å². The summed E-state index contributed by atoms with van der Waals surface area (Å²) in [5.74, 6) is 0.703. The summed E-state index contributed by atoms with van der Waals surface area (Å²) in [6.45, 7) is 0.792. The maximum Gasteiger partial charge on any atom is 0.223 e. The van der Waals surface area contributed by atoms with E-state index in [0.717, 1.165) is 40.1 Å². The topological polar surface area (TPSA) is 20.3 Å². The molecule has 1 saturated heterocycles. The van der Waals surface area contributed by atoms with Crippen molar-refractivity contribution in [2.45, 2.75) is 30.2 Å². The van der Waals surface area contributed by atoms with Gasteiger partial charge in [0.15, 0.2) is 0 Å². The van der Waals surface area contributed by atoms with Gasteiger partial charge in [0.1, 0.15) is 5.82 Å². The van der Waals surface area contributed by atoms with Gasteiger partial charge in [-0.1, -0.05) is 24.3 Å². The van der Waals surface area contributed by atoms with Crippen LogP contribution in [0.3, 0.4) is 0 Å².